The lowest BCUT2D eigenvalue weighted by Crippen LogP contribution is -2.56. The Kier molecular flexibility index (Phi) is 8.52. The van der Waals surface area contributed by atoms with Gasteiger partial charge in [-0.05, 0) is 49.3 Å². The van der Waals surface area contributed by atoms with Crippen molar-refractivity contribution in [3.05, 3.63) is 35.6 Å². The molecule has 0 aromatic heterocycles. The van der Waals surface area contributed by atoms with Crippen LogP contribution in [0, 0.1) is 11.7 Å². The van der Waals surface area contributed by atoms with Gasteiger partial charge in [-0.3, -0.25) is 9.69 Å². The number of hydrogen-bond donors (Lipinski definition) is 2. The molecule has 4 atom stereocenters. The number of carbonyl (C=O) groups is 1. The highest BCUT2D eigenvalue weighted by Crippen LogP contribution is 2.31. The third-order valence-electron chi connectivity index (χ3n) is 7.12. The van der Waals surface area contributed by atoms with E-state index in [9.17, 15) is 14.3 Å². The molecule has 6 nitrogen and oxygen atoms in total. The zero-order valence-electron chi connectivity index (χ0n) is 18.9. The lowest BCUT2D eigenvalue weighted by molar-refractivity contribution is -0.158. The molecule has 2 aliphatic heterocycles. The van der Waals surface area contributed by atoms with Gasteiger partial charge in [0.25, 0.3) is 0 Å². The first-order chi connectivity index (χ1) is 15.6. The second kappa shape index (κ2) is 11.5. The number of benzene rings is 1. The largest absolute Gasteiger partial charge is 0.389 e. The number of ether oxygens (including phenoxy) is 2. The van der Waals surface area contributed by atoms with Crippen LogP contribution < -0.4 is 5.32 Å². The maximum atomic E-state index is 13.0. The van der Waals surface area contributed by atoms with Crippen molar-refractivity contribution < 1.29 is 23.8 Å². The third-order valence-corrected chi connectivity index (χ3v) is 7.12. The maximum absolute atomic E-state index is 13.0. The van der Waals surface area contributed by atoms with Gasteiger partial charge in [0.15, 0.2) is 0 Å². The quantitative estimate of drug-likeness (QED) is 0.700. The van der Waals surface area contributed by atoms with Crippen molar-refractivity contribution in [3.8, 4) is 0 Å². The van der Waals surface area contributed by atoms with Crippen molar-refractivity contribution in [2.24, 2.45) is 5.92 Å². The van der Waals surface area contributed by atoms with Crippen LogP contribution >= 0.6 is 0 Å². The monoisotopic (exact) mass is 448 g/mol. The highest BCUT2D eigenvalue weighted by molar-refractivity contribution is 5.76. The summed E-state index contributed by atoms with van der Waals surface area (Å²) in [5.41, 5.74) is 0.870. The molecule has 0 spiro atoms. The second-order valence-corrected chi connectivity index (χ2v) is 9.70. The van der Waals surface area contributed by atoms with Gasteiger partial charge in [-0.15, -0.1) is 0 Å². The van der Waals surface area contributed by atoms with Crippen LogP contribution in [0.4, 0.5) is 4.39 Å². The fourth-order valence-corrected chi connectivity index (χ4v) is 5.44. The zero-order valence-corrected chi connectivity index (χ0v) is 18.9. The predicted octanol–water partition coefficient (Wildman–Crippen LogP) is 3.02. The molecule has 1 aliphatic carbocycles. The zero-order chi connectivity index (χ0) is 22.3. The van der Waals surface area contributed by atoms with E-state index in [2.05, 4.69) is 10.2 Å². The molecule has 32 heavy (non-hydrogen) atoms. The molecule has 1 saturated carbocycles. The van der Waals surface area contributed by atoms with Gasteiger partial charge < -0.3 is 19.9 Å². The second-order valence-electron chi connectivity index (χ2n) is 9.70. The highest BCUT2D eigenvalue weighted by Gasteiger charge is 2.38. The average molecular weight is 449 g/mol. The van der Waals surface area contributed by atoms with Crippen LogP contribution in [0.2, 0.25) is 0 Å². The maximum Gasteiger partial charge on any atom is 0.222 e. The lowest BCUT2D eigenvalue weighted by atomic mass is 9.87. The topological polar surface area (TPSA) is 71.0 Å². The Bertz CT molecular complexity index is 725. The Balaban J connectivity index is 1.29. The number of halogens is 1. The number of fused-ring (bicyclic) bond motifs is 1. The van der Waals surface area contributed by atoms with Crippen LogP contribution in [0.5, 0.6) is 0 Å². The molecule has 3 fully saturated rings. The molecule has 3 aliphatic rings. The summed E-state index contributed by atoms with van der Waals surface area (Å²) in [6.07, 6.45) is 7.93. The minimum absolute atomic E-state index is 0.0565. The predicted molar refractivity (Wildman–Crippen MR) is 120 cm³/mol. The fourth-order valence-electron chi connectivity index (χ4n) is 5.44. The summed E-state index contributed by atoms with van der Waals surface area (Å²) in [5.74, 6) is 0.364. The van der Waals surface area contributed by atoms with Gasteiger partial charge in [-0.2, -0.15) is 0 Å². The normalized spacial score (nSPS) is 30.2. The molecule has 4 rings (SSSR count). The average Bonchev–Trinajstić information content (AvgIpc) is 2.78. The number of β-amino-alcohol motifs (C(OH)–C–C–N with tert-alkyl or cyclic N) is 1. The minimum Gasteiger partial charge on any atom is -0.389 e. The number of nitrogens with zero attached hydrogens (tertiary/aromatic N) is 1. The van der Waals surface area contributed by atoms with Gasteiger partial charge in [-0.25, -0.2) is 4.39 Å². The summed E-state index contributed by atoms with van der Waals surface area (Å²) >= 11 is 0. The number of aliphatic hydroxyl groups excluding tert-OH is 1. The first-order valence-electron chi connectivity index (χ1n) is 12.2. The smallest absolute Gasteiger partial charge is 0.222 e. The van der Waals surface area contributed by atoms with Gasteiger partial charge in [0.2, 0.25) is 5.91 Å². The van der Waals surface area contributed by atoms with Gasteiger partial charge in [0.05, 0.1) is 37.9 Å². The Morgan fingerprint density at radius 3 is 2.66 bits per heavy atom. The standard InChI is InChI=1S/C25H37FN2O4/c26-20-8-6-18(7-9-20)13-27-25(30)12-22-10-11-23-24(32-22)17-31-16-21(29)15-28(23)14-19-4-2-1-3-5-19/h6-9,19,21-24,29H,1-5,10-17H2,(H,27,30)/t21-,22-,23-,24+/m1/s1. The van der Waals surface area contributed by atoms with Crippen molar-refractivity contribution in [1.29, 1.82) is 0 Å². The summed E-state index contributed by atoms with van der Waals surface area (Å²) in [6.45, 7) is 2.81. The summed E-state index contributed by atoms with van der Waals surface area (Å²) in [7, 11) is 0. The SMILES string of the molecule is O=C(C[C@H]1CC[C@@H]2[C@H](COC[C@H](O)CN2CC2CCCCC2)O1)NCc1ccc(F)cc1. The van der Waals surface area contributed by atoms with Gasteiger partial charge in [-0.1, -0.05) is 31.4 Å². The van der Waals surface area contributed by atoms with Crippen LogP contribution in [0.1, 0.15) is 56.9 Å². The van der Waals surface area contributed by atoms with E-state index in [1.807, 2.05) is 0 Å². The molecule has 0 bridgehead atoms. The van der Waals surface area contributed by atoms with Gasteiger partial charge in [0.1, 0.15) is 5.82 Å². The van der Waals surface area contributed by atoms with E-state index < -0.39 is 6.10 Å². The van der Waals surface area contributed by atoms with E-state index >= 15 is 0 Å². The molecular formula is C25H37FN2O4. The molecule has 1 aromatic carbocycles. The third kappa shape index (κ3) is 6.73. The van der Waals surface area contributed by atoms with Crippen LogP contribution in [-0.4, -0.2) is 66.6 Å². The Morgan fingerprint density at radius 1 is 1.09 bits per heavy atom. The Hall–Kier alpha value is -1.54. The number of amides is 1. The molecule has 2 heterocycles. The van der Waals surface area contributed by atoms with E-state index in [0.717, 1.165) is 24.9 Å². The van der Waals surface area contributed by atoms with E-state index in [1.54, 1.807) is 12.1 Å². The van der Waals surface area contributed by atoms with E-state index in [-0.39, 0.29) is 30.0 Å². The molecule has 1 amide bonds. The first kappa shape index (κ1) is 23.6. The van der Waals surface area contributed by atoms with Crippen molar-refractivity contribution in [2.75, 3.05) is 26.3 Å². The molecule has 2 N–H and O–H groups in total. The van der Waals surface area contributed by atoms with Crippen molar-refractivity contribution in [2.45, 2.75) is 82.3 Å². The van der Waals surface area contributed by atoms with E-state index in [1.165, 1.54) is 44.2 Å². The first-order valence-corrected chi connectivity index (χ1v) is 12.2. The number of aliphatic hydroxyl groups is 1. The van der Waals surface area contributed by atoms with Crippen LogP contribution in [-0.2, 0) is 20.8 Å². The summed E-state index contributed by atoms with van der Waals surface area (Å²) in [5, 5.41) is 13.3. The van der Waals surface area contributed by atoms with Crippen molar-refractivity contribution >= 4 is 5.91 Å². The molecular weight excluding hydrogens is 411 g/mol. The minimum atomic E-state index is -0.463. The van der Waals surface area contributed by atoms with E-state index in [4.69, 9.17) is 9.47 Å². The summed E-state index contributed by atoms with van der Waals surface area (Å²) < 4.78 is 25.1. The number of rotatable bonds is 6. The van der Waals surface area contributed by atoms with Gasteiger partial charge >= 0.3 is 0 Å². The number of carbonyl (C=O) groups excluding carboxylic acids is 1. The van der Waals surface area contributed by atoms with Crippen molar-refractivity contribution in [1.82, 2.24) is 10.2 Å². The summed E-state index contributed by atoms with van der Waals surface area (Å²) in [6, 6.07) is 6.38. The highest BCUT2D eigenvalue weighted by atomic mass is 19.1. The number of nitrogens with one attached hydrogen (secondary N) is 1. The fraction of sp³-hybridized carbons (Fsp3) is 0.720. The van der Waals surface area contributed by atoms with Crippen LogP contribution in [0.3, 0.4) is 0 Å². The van der Waals surface area contributed by atoms with Gasteiger partial charge in [0, 0.05) is 25.7 Å². The summed E-state index contributed by atoms with van der Waals surface area (Å²) in [4.78, 5) is 14.9. The van der Waals surface area contributed by atoms with E-state index in [0.29, 0.717) is 38.6 Å². The molecule has 0 unspecified atom stereocenters. The number of hydrogen-bond acceptors (Lipinski definition) is 5. The molecule has 7 heteroatoms. The molecule has 1 aromatic rings. The van der Waals surface area contributed by atoms with Crippen LogP contribution in [0.25, 0.3) is 0 Å². The Labute approximate surface area is 190 Å². The Morgan fingerprint density at radius 2 is 1.88 bits per heavy atom. The molecule has 178 valence electrons. The van der Waals surface area contributed by atoms with Crippen LogP contribution in [0.15, 0.2) is 24.3 Å². The van der Waals surface area contributed by atoms with Crippen molar-refractivity contribution in [3.63, 3.8) is 0 Å². The molecule has 2 saturated heterocycles. The molecule has 0 radical (unpaired) electrons. The lowest BCUT2D eigenvalue weighted by Gasteiger charge is -2.45.